The van der Waals surface area contributed by atoms with E-state index in [1.807, 2.05) is 13.0 Å². The molecule has 0 atom stereocenters. The van der Waals surface area contributed by atoms with Crippen LogP contribution in [-0.2, 0) is 5.33 Å². The molecule has 0 aromatic heterocycles. The van der Waals surface area contributed by atoms with Crippen LogP contribution < -0.4 is 0 Å². The maximum atomic E-state index is 6.06. The molecule has 1 aromatic rings. The van der Waals surface area contributed by atoms with E-state index in [-0.39, 0.29) is 0 Å². The summed E-state index contributed by atoms with van der Waals surface area (Å²) in [7, 11) is 0. The van der Waals surface area contributed by atoms with Crippen molar-refractivity contribution < 1.29 is 0 Å². The molecule has 0 fully saturated rings. The lowest BCUT2D eigenvalue weighted by Crippen LogP contribution is -1.88. The summed E-state index contributed by atoms with van der Waals surface area (Å²) in [6, 6.07) is 4.12. The van der Waals surface area contributed by atoms with Crippen LogP contribution in [0.1, 0.15) is 11.1 Å². The second kappa shape index (κ2) is 4.10. The molecule has 0 aliphatic rings. The number of aryl methyl sites for hydroxylation is 1. The third-order valence-electron chi connectivity index (χ3n) is 1.51. The maximum Gasteiger partial charge on any atom is 0.0486 e. The maximum absolute atomic E-state index is 6.06. The van der Waals surface area contributed by atoms with Gasteiger partial charge in [-0.05, 0) is 46.7 Å². The Morgan fingerprint density at radius 1 is 1.55 bits per heavy atom. The summed E-state index contributed by atoms with van der Waals surface area (Å²) in [4.78, 5) is 0. The number of alkyl halides is 1. The molecule has 0 unspecified atom stereocenters. The van der Waals surface area contributed by atoms with E-state index in [0.29, 0.717) is 0 Å². The molecule has 11 heavy (non-hydrogen) atoms. The molecule has 0 N–H and O–H groups in total. The summed E-state index contributed by atoms with van der Waals surface area (Å²) in [5.41, 5.74) is 2.33. The van der Waals surface area contributed by atoms with E-state index in [1.54, 1.807) is 0 Å². The summed E-state index contributed by atoms with van der Waals surface area (Å²) in [6.07, 6.45) is 0. The monoisotopic (exact) mass is 344 g/mol. The minimum absolute atomic E-state index is 0.825. The smallest absolute Gasteiger partial charge is 0.0486 e. The van der Waals surface area contributed by atoms with Crippen molar-refractivity contribution in [3.05, 3.63) is 31.9 Å². The lowest BCUT2D eigenvalue weighted by molar-refractivity contribution is 1.34. The first-order valence-corrected chi connectivity index (χ1v) is 5.74. The summed E-state index contributed by atoms with van der Waals surface area (Å²) in [5, 5.41) is 1.71. The van der Waals surface area contributed by atoms with Crippen molar-refractivity contribution in [3.63, 3.8) is 0 Å². The van der Waals surface area contributed by atoms with E-state index in [9.17, 15) is 0 Å². The highest BCUT2D eigenvalue weighted by molar-refractivity contribution is 14.1. The van der Waals surface area contributed by atoms with Gasteiger partial charge in [-0.3, -0.25) is 0 Å². The van der Waals surface area contributed by atoms with Crippen molar-refractivity contribution in [2.75, 3.05) is 0 Å². The summed E-state index contributed by atoms with van der Waals surface area (Å²) in [5.74, 6) is 0. The molecule has 0 heterocycles. The van der Waals surface area contributed by atoms with Gasteiger partial charge in [0.2, 0.25) is 0 Å². The van der Waals surface area contributed by atoms with Gasteiger partial charge in [0, 0.05) is 13.9 Å². The second-order valence-corrected chi connectivity index (χ2v) is 4.39. The molecule has 3 heteroatoms. The highest BCUT2D eigenvalue weighted by Gasteiger charge is 2.05. The summed E-state index contributed by atoms with van der Waals surface area (Å²) in [6.45, 7) is 2.02. The minimum Gasteiger partial charge on any atom is -0.0875 e. The second-order valence-electron chi connectivity index (χ2n) is 2.29. The molecule has 0 saturated carbocycles. The Bertz CT molecular complexity index is 273. The molecule has 0 spiro atoms. The van der Waals surface area contributed by atoms with E-state index < -0.39 is 0 Å². The first-order chi connectivity index (χ1) is 5.16. The fourth-order valence-corrected chi connectivity index (χ4v) is 3.14. The number of hydrogen-bond acceptors (Lipinski definition) is 0. The lowest BCUT2D eigenvalue weighted by Gasteiger charge is -2.05. The molecule has 0 aliphatic carbocycles. The normalized spacial score (nSPS) is 10.2. The predicted octanol–water partition coefficient (Wildman–Crippen LogP) is 4.15. The van der Waals surface area contributed by atoms with Crippen LogP contribution in [0, 0.1) is 10.5 Å². The van der Waals surface area contributed by atoms with E-state index in [0.717, 1.165) is 15.9 Å². The Hall–Kier alpha value is 0.720. The SMILES string of the molecule is Cc1ccc(I)c(CBr)c1Cl. The molecule has 1 aromatic carbocycles. The minimum atomic E-state index is 0.825. The van der Waals surface area contributed by atoms with Gasteiger partial charge in [-0.25, -0.2) is 0 Å². The Balaban J connectivity index is 3.29. The zero-order valence-electron chi connectivity index (χ0n) is 6.00. The molecule has 1 rings (SSSR count). The van der Waals surface area contributed by atoms with Gasteiger partial charge in [-0.15, -0.1) is 0 Å². The van der Waals surface area contributed by atoms with Gasteiger partial charge in [0.15, 0.2) is 0 Å². The van der Waals surface area contributed by atoms with E-state index in [4.69, 9.17) is 11.6 Å². The number of benzene rings is 1. The van der Waals surface area contributed by atoms with Crippen LogP contribution in [0.4, 0.5) is 0 Å². The van der Waals surface area contributed by atoms with Crippen molar-refractivity contribution >= 4 is 50.1 Å². The highest BCUT2D eigenvalue weighted by atomic mass is 127. The first-order valence-electron chi connectivity index (χ1n) is 3.16. The van der Waals surface area contributed by atoms with Crippen LogP contribution in [0.3, 0.4) is 0 Å². The molecule has 0 bridgehead atoms. The Morgan fingerprint density at radius 3 is 2.64 bits per heavy atom. The third-order valence-corrected chi connectivity index (χ3v) is 3.61. The summed E-state index contributed by atoms with van der Waals surface area (Å²) < 4.78 is 1.22. The van der Waals surface area contributed by atoms with Crippen molar-refractivity contribution in [1.82, 2.24) is 0 Å². The summed E-state index contributed by atoms with van der Waals surface area (Å²) >= 11 is 11.8. The Kier molecular flexibility index (Phi) is 3.65. The van der Waals surface area contributed by atoms with E-state index in [2.05, 4.69) is 44.6 Å². The average Bonchev–Trinajstić information content (AvgIpc) is 1.99. The predicted molar refractivity (Wildman–Crippen MR) is 61.5 cm³/mol. The fourth-order valence-electron chi connectivity index (χ4n) is 0.837. The molecule has 0 saturated heterocycles. The van der Waals surface area contributed by atoms with Gasteiger partial charge in [0.25, 0.3) is 0 Å². The van der Waals surface area contributed by atoms with Crippen LogP contribution in [0.15, 0.2) is 12.1 Å². The van der Waals surface area contributed by atoms with Gasteiger partial charge < -0.3 is 0 Å². The van der Waals surface area contributed by atoms with Gasteiger partial charge >= 0.3 is 0 Å². The largest absolute Gasteiger partial charge is 0.0875 e. The first kappa shape index (κ1) is 9.81. The topological polar surface area (TPSA) is 0 Å². The van der Waals surface area contributed by atoms with E-state index >= 15 is 0 Å². The average molecular weight is 345 g/mol. The van der Waals surface area contributed by atoms with Crippen LogP contribution in [-0.4, -0.2) is 0 Å². The molecule has 60 valence electrons. The van der Waals surface area contributed by atoms with E-state index in [1.165, 1.54) is 9.13 Å². The number of halogens is 3. The van der Waals surface area contributed by atoms with Gasteiger partial charge in [0.1, 0.15) is 0 Å². The molecule has 0 nitrogen and oxygen atoms in total. The zero-order valence-corrected chi connectivity index (χ0v) is 10.5. The molecule has 0 aliphatic heterocycles. The Morgan fingerprint density at radius 2 is 2.18 bits per heavy atom. The zero-order chi connectivity index (χ0) is 8.43. The van der Waals surface area contributed by atoms with Gasteiger partial charge in [-0.1, -0.05) is 33.6 Å². The van der Waals surface area contributed by atoms with Crippen LogP contribution in [0.25, 0.3) is 0 Å². The van der Waals surface area contributed by atoms with Crippen molar-refractivity contribution in [3.8, 4) is 0 Å². The number of rotatable bonds is 1. The number of hydrogen-bond donors (Lipinski definition) is 0. The molecule has 0 radical (unpaired) electrons. The van der Waals surface area contributed by atoms with Crippen LogP contribution in [0.5, 0.6) is 0 Å². The molecule has 0 amide bonds. The lowest BCUT2D eigenvalue weighted by atomic mass is 10.2. The molecular weight excluding hydrogens is 338 g/mol. The van der Waals surface area contributed by atoms with Crippen LogP contribution in [0.2, 0.25) is 5.02 Å². The quantitative estimate of drug-likeness (QED) is 0.530. The highest BCUT2D eigenvalue weighted by Crippen LogP contribution is 2.27. The third kappa shape index (κ3) is 2.10. The van der Waals surface area contributed by atoms with Crippen LogP contribution >= 0.6 is 50.1 Å². The fraction of sp³-hybridized carbons (Fsp3) is 0.250. The van der Waals surface area contributed by atoms with Crippen molar-refractivity contribution in [1.29, 1.82) is 0 Å². The van der Waals surface area contributed by atoms with Crippen molar-refractivity contribution in [2.24, 2.45) is 0 Å². The van der Waals surface area contributed by atoms with Gasteiger partial charge in [-0.2, -0.15) is 0 Å². The Labute approximate surface area is 93.6 Å². The molecular formula is C8H7BrClI. The van der Waals surface area contributed by atoms with Gasteiger partial charge in [0.05, 0.1) is 0 Å². The van der Waals surface area contributed by atoms with Crippen molar-refractivity contribution in [2.45, 2.75) is 12.3 Å². The standard InChI is InChI=1S/C8H7BrClI/c1-5-2-3-7(11)6(4-9)8(5)10/h2-3H,4H2,1H3.